The summed E-state index contributed by atoms with van der Waals surface area (Å²) in [6.07, 6.45) is 7.95. The standard InChI is InChI=1S/C17H32N2O2/c1-13-5-8-16(11-18,9-6-13)15(21)19-17(12-20)7-3-4-14(2)10-17/h13-14,20H,3-12,18H2,1-2H3,(H,19,21). The monoisotopic (exact) mass is 296 g/mol. The third-order valence-corrected chi connectivity index (χ3v) is 5.88. The quantitative estimate of drug-likeness (QED) is 0.744. The normalized spacial score (nSPS) is 40.8. The molecule has 2 fully saturated rings. The Morgan fingerprint density at radius 2 is 1.86 bits per heavy atom. The topological polar surface area (TPSA) is 75.4 Å². The Balaban J connectivity index is 2.07. The molecule has 122 valence electrons. The molecule has 4 N–H and O–H groups in total. The Bertz CT molecular complexity index is 364. The first-order chi connectivity index (χ1) is 9.95. The third kappa shape index (κ3) is 3.59. The molecule has 4 nitrogen and oxygen atoms in total. The van der Waals surface area contributed by atoms with E-state index < -0.39 is 11.0 Å². The van der Waals surface area contributed by atoms with Crippen molar-refractivity contribution >= 4 is 5.91 Å². The molecule has 0 bridgehead atoms. The maximum absolute atomic E-state index is 12.9. The molecule has 0 aliphatic heterocycles. The molecule has 21 heavy (non-hydrogen) atoms. The van der Waals surface area contributed by atoms with E-state index in [1.807, 2.05) is 0 Å². The van der Waals surface area contributed by atoms with E-state index in [1.54, 1.807) is 0 Å². The van der Waals surface area contributed by atoms with Crippen LogP contribution in [-0.4, -0.2) is 29.7 Å². The lowest BCUT2D eigenvalue weighted by molar-refractivity contribution is -0.136. The molecule has 2 aliphatic carbocycles. The van der Waals surface area contributed by atoms with Crippen LogP contribution in [0.5, 0.6) is 0 Å². The lowest BCUT2D eigenvalue weighted by atomic mass is 9.69. The van der Waals surface area contributed by atoms with Gasteiger partial charge in [0.05, 0.1) is 17.6 Å². The van der Waals surface area contributed by atoms with E-state index >= 15 is 0 Å². The van der Waals surface area contributed by atoms with Crippen LogP contribution in [0.25, 0.3) is 0 Å². The number of aliphatic hydroxyl groups excluding tert-OH is 1. The minimum Gasteiger partial charge on any atom is -0.394 e. The fraction of sp³-hybridized carbons (Fsp3) is 0.941. The molecule has 0 saturated heterocycles. The van der Waals surface area contributed by atoms with Gasteiger partial charge in [-0.15, -0.1) is 0 Å². The maximum Gasteiger partial charge on any atom is 0.228 e. The molecule has 0 heterocycles. The number of carbonyl (C=O) groups is 1. The summed E-state index contributed by atoms with van der Waals surface area (Å²) < 4.78 is 0. The zero-order valence-electron chi connectivity index (χ0n) is 13.7. The number of nitrogens with one attached hydrogen (secondary N) is 1. The second-order valence-electron chi connectivity index (χ2n) is 7.76. The fourth-order valence-corrected chi connectivity index (χ4v) is 4.17. The van der Waals surface area contributed by atoms with Crippen LogP contribution in [0.3, 0.4) is 0 Å². The lowest BCUT2D eigenvalue weighted by Gasteiger charge is -2.44. The second-order valence-corrected chi connectivity index (χ2v) is 7.76. The van der Waals surface area contributed by atoms with Crippen molar-refractivity contribution < 1.29 is 9.90 Å². The van der Waals surface area contributed by atoms with Gasteiger partial charge < -0.3 is 16.2 Å². The van der Waals surface area contributed by atoms with Crippen molar-refractivity contribution in [2.24, 2.45) is 23.0 Å². The number of hydrogen-bond donors (Lipinski definition) is 3. The SMILES string of the molecule is CC1CCC(CN)(C(=O)NC2(CO)CCCC(C)C2)CC1. The zero-order chi connectivity index (χ0) is 15.5. The maximum atomic E-state index is 12.9. The predicted octanol–water partition coefficient (Wildman–Crippen LogP) is 2.20. The number of carbonyl (C=O) groups excluding carboxylic acids is 1. The van der Waals surface area contributed by atoms with Gasteiger partial charge >= 0.3 is 0 Å². The molecule has 0 aromatic carbocycles. The van der Waals surface area contributed by atoms with Gasteiger partial charge in [-0.1, -0.05) is 26.7 Å². The zero-order valence-corrected chi connectivity index (χ0v) is 13.7. The first kappa shape index (κ1) is 16.8. The molecule has 2 unspecified atom stereocenters. The molecule has 0 aromatic heterocycles. The molecule has 0 aromatic rings. The molecule has 4 heteroatoms. The summed E-state index contributed by atoms with van der Waals surface area (Å²) in [5.74, 6) is 1.34. The average molecular weight is 296 g/mol. The highest BCUT2D eigenvalue weighted by molar-refractivity contribution is 5.83. The summed E-state index contributed by atoms with van der Waals surface area (Å²) in [6, 6.07) is 0. The molecule has 2 aliphatic rings. The van der Waals surface area contributed by atoms with Gasteiger partial charge in [-0.25, -0.2) is 0 Å². The van der Waals surface area contributed by atoms with Crippen molar-refractivity contribution in [3.63, 3.8) is 0 Å². The van der Waals surface area contributed by atoms with Crippen molar-refractivity contribution in [2.75, 3.05) is 13.2 Å². The summed E-state index contributed by atoms with van der Waals surface area (Å²) in [7, 11) is 0. The van der Waals surface area contributed by atoms with Gasteiger partial charge in [-0.3, -0.25) is 4.79 Å². The number of rotatable bonds is 4. The molecule has 0 spiro atoms. The molecule has 0 radical (unpaired) electrons. The largest absolute Gasteiger partial charge is 0.394 e. The van der Waals surface area contributed by atoms with Crippen LogP contribution in [0.15, 0.2) is 0 Å². The van der Waals surface area contributed by atoms with Crippen LogP contribution in [0.1, 0.15) is 65.2 Å². The van der Waals surface area contributed by atoms with E-state index in [0.717, 1.165) is 44.9 Å². The van der Waals surface area contributed by atoms with Crippen molar-refractivity contribution in [1.82, 2.24) is 5.32 Å². The van der Waals surface area contributed by atoms with Crippen LogP contribution >= 0.6 is 0 Å². The first-order valence-corrected chi connectivity index (χ1v) is 8.59. The summed E-state index contributed by atoms with van der Waals surface area (Å²) >= 11 is 0. The smallest absolute Gasteiger partial charge is 0.228 e. The van der Waals surface area contributed by atoms with Gasteiger partial charge in [0.2, 0.25) is 5.91 Å². The number of aliphatic hydroxyl groups is 1. The van der Waals surface area contributed by atoms with E-state index in [4.69, 9.17) is 5.73 Å². The Kier molecular flexibility index (Phi) is 5.31. The molecule has 1 amide bonds. The highest BCUT2D eigenvalue weighted by Crippen LogP contribution is 2.40. The van der Waals surface area contributed by atoms with Gasteiger partial charge in [-0.2, -0.15) is 0 Å². The fourth-order valence-electron chi connectivity index (χ4n) is 4.17. The Labute approximate surface area is 128 Å². The van der Waals surface area contributed by atoms with E-state index in [9.17, 15) is 9.90 Å². The number of hydrogen-bond acceptors (Lipinski definition) is 3. The minimum atomic E-state index is -0.417. The highest BCUT2D eigenvalue weighted by atomic mass is 16.3. The van der Waals surface area contributed by atoms with Crippen molar-refractivity contribution in [1.29, 1.82) is 0 Å². The highest BCUT2D eigenvalue weighted by Gasteiger charge is 2.44. The van der Waals surface area contributed by atoms with Gasteiger partial charge in [-0.05, 0) is 50.4 Å². The van der Waals surface area contributed by atoms with E-state index in [0.29, 0.717) is 18.4 Å². The van der Waals surface area contributed by atoms with Crippen molar-refractivity contribution in [3.8, 4) is 0 Å². The summed E-state index contributed by atoms with van der Waals surface area (Å²) in [6.45, 7) is 4.91. The molecular formula is C17H32N2O2. The van der Waals surface area contributed by atoms with Crippen molar-refractivity contribution in [2.45, 2.75) is 70.8 Å². The predicted molar refractivity (Wildman–Crippen MR) is 84.7 cm³/mol. The van der Waals surface area contributed by atoms with E-state index in [-0.39, 0.29) is 12.5 Å². The van der Waals surface area contributed by atoms with E-state index in [1.165, 1.54) is 6.42 Å². The summed E-state index contributed by atoms with van der Waals surface area (Å²) in [4.78, 5) is 12.9. The lowest BCUT2D eigenvalue weighted by Crippen LogP contribution is -2.59. The van der Waals surface area contributed by atoms with Gasteiger partial charge in [0, 0.05) is 6.54 Å². The van der Waals surface area contributed by atoms with E-state index in [2.05, 4.69) is 19.2 Å². The van der Waals surface area contributed by atoms with Crippen LogP contribution < -0.4 is 11.1 Å². The third-order valence-electron chi connectivity index (χ3n) is 5.88. The van der Waals surface area contributed by atoms with Gasteiger partial charge in [0.25, 0.3) is 0 Å². The van der Waals surface area contributed by atoms with Crippen LogP contribution in [0.4, 0.5) is 0 Å². The molecule has 2 rings (SSSR count). The van der Waals surface area contributed by atoms with Gasteiger partial charge in [0.15, 0.2) is 0 Å². The minimum absolute atomic E-state index is 0.0418. The average Bonchev–Trinajstić information content (AvgIpc) is 2.48. The van der Waals surface area contributed by atoms with Crippen LogP contribution in [0, 0.1) is 17.3 Å². The summed E-state index contributed by atoms with van der Waals surface area (Å²) in [5, 5.41) is 13.1. The Morgan fingerprint density at radius 1 is 1.19 bits per heavy atom. The molecule has 2 atom stereocenters. The van der Waals surface area contributed by atoms with Crippen LogP contribution in [0.2, 0.25) is 0 Å². The van der Waals surface area contributed by atoms with Gasteiger partial charge in [0.1, 0.15) is 0 Å². The molecular weight excluding hydrogens is 264 g/mol. The second kappa shape index (κ2) is 6.66. The molecule has 2 saturated carbocycles. The Morgan fingerprint density at radius 3 is 2.38 bits per heavy atom. The Hall–Kier alpha value is -0.610. The van der Waals surface area contributed by atoms with Crippen LogP contribution in [-0.2, 0) is 4.79 Å². The first-order valence-electron chi connectivity index (χ1n) is 8.59. The van der Waals surface area contributed by atoms with Crippen molar-refractivity contribution in [3.05, 3.63) is 0 Å². The number of amides is 1. The summed E-state index contributed by atoms with van der Waals surface area (Å²) in [5.41, 5.74) is 5.15. The number of nitrogens with two attached hydrogens (primary N) is 1.